The summed E-state index contributed by atoms with van der Waals surface area (Å²) < 4.78 is 11.1. The molecule has 0 saturated carbocycles. The van der Waals surface area contributed by atoms with E-state index < -0.39 is 16.9 Å². The molecule has 0 amide bonds. The number of rotatable bonds is 3. The van der Waals surface area contributed by atoms with Crippen molar-refractivity contribution >= 4 is 11.0 Å². The maximum absolute atomic E-state index is 12.3. The van der Waals surface area contributed by atoms with Crippen LogP contribution in [0.4, 0.5) is 0 Å². The molecule has 1 aromatic heterocycles. The van der Waals surface area contributed by atoms with Gasteiger partial charge >= 0.3 is 0 Å². The summed E-state index contributed by atoms with van der Waals surface area (Å²) in [7, 11) is 0. The minimum absolute atomic E-state index is 0.0205. The van der Waals surface area contributed by atoms with E-state index in [4.69, 9.17) is 9.15 Å². The highest BCUT2D eigenvalue weighted by molar-refractivity contribution is 5.88. The van der Waals surface area contributed by atoms with E-state index in [0.29, 0.717) is 11.3 Å². The van der Waals surface area contributed by atoms with Gasteiger partial charge in [-0.15, -0.1) is 0 Å². The molecule has 3 N–H and O–H groups in total. The number of fused-ring (bicyclic) bond motifs is 1. The number of ether oxygens (including phenoxy) is 1. The first-order valence-electron chi connectivity index (χ1n) is 7.35. The molecule has 3 rings (SSSR count). The molecule has 24 heavy (non-hydrogen) atoms. The first kappa shape index (κ1) is 15.7. The maximum Gasteiger partial charge on any atom is 0.238 e. The molecule has 6 heteroatoms. The smallest absolute Gasteiger partial charge is 0.238 e. The second-order valence-electron chi connectivity index (χ2n) is 5.64. The monoisotopic (exact) mass is 328 g/mol. The van der Waals surface area contributed by atoms with E-state index in [0.717, 1.165) is 6.07 Å². The Morgan fingerprint density at radius 2 is 1.71 bits per heavy atom. The molecule has 1 heterocycles. The normalized spacial score (nSPS) is 11.1. The molecule has 0 spiro atoms. The summed E-state index contributed by atoms with van der Waals surface area (Å²) in [6.07, 6.45) is 0.0220. The molecule has 0 aliphatic heterocycles. The molecule has 3 aromatic rings. The molecule has 0 unspecified atom stereocenters. The van der Waals surface area contributed by atoms with Gasteiger partial charge in [-0.25, -0.2) is 0 Å². The Hall–Kier alpha value is -3.15. The minimum Gasteiger partial charge on any atom is -0.508 e. The second kappa shape index (κ2) is 5.81. The topological polar surface area (TPSA) is 100 Å². The highest BCUT2D eigenvalue weighted by Crippen LogP contribution is 2.35. The zero-order chi connectivity index (χ0) is 17.4. The van der Waals surface area contributed by atoms with Crippen molar-refractivity contribution in [3.8, 4) is 34.3 Å². The lowest BCUT2D eigenvalue weighted by molar-refractivity contribution is 0.242. The van der Waals surface area contributed by atoms with Crippen LogP contribution in [0.1, 0.15) is 13.8 Å². The van der Waals surface area contributed by atoms with Gasteiger partial charge in [0.2, 0.25) is 11.2 Å². The van der Waals surface area contributed by atoms with Crippen molar-refractivity contribution in [3.05, 3.63) is 46.6 Å². The molecule has 0 aliphatic carbocycles. The van der Waals surface area contributed by atoms with Gasteiger partial charge in [-0.2, -0.15) is 0 Å². The van der Waals surface area contributed by atoms with E-state index >= 15 is 0 Å². The van der Waals surface area contributed by atoms with Crippen LogP contribution >= 0.6 is 0 Å². The predicted molar refractivity (Wildman–Crippen MR) is 88.7 cm³/mol. The highest BCUT2D eigenvalue weighted by Gasteiger charge is 2.18. The molecular formula is C18H16O6. The van der Waals surface area contributed by atoms with Gasteiger partial charge in [0.25, 0.3) is 0 Å². The van der Waals surface area contributed by atoms with Crippen LogP contribution in [-0.4, -0.2) is 21.4 Å². The summed E-state index contributed by atoms with van der Waals surface area (Å²) in [5.41, 5.74) is -0.329. The third kappa shape index (κ3) is 2.74. The van der Waals surface area contributed by atoms with E-state index in [2.05, 4.69) is 0 Å². The van der Waals surface area contributed by atoms with E-state index in [1.54, 1.807) is 24.3 Å². The summed E-state index contributed by atoms with van der Waals surface area (Å²) in [4.78, 5) is 12.3. The van der Waals surface area contributed by atoms with E-state index in [1.165, 1.54) is 6.07 Å². The summed E-state index contributed by atoms with van der Waals surface area (Å²) >= 11 is 0. The third-order valence-electron chi connectivity index (χ3n) is 3.42. The first-order valence-corrected chi connectivity index (χ1v) is 7.35. The zero-order valence-corrected chi connectivity index (χ0v) is 13.1. The van der Waals surface area contributed by atoms with E-state index in [1.807, 2.05) is 13.8 Å². The van der Waals surface area contributed by atoms with Gasteiger partial charge in [0, 0.05) is 17.7 Å². The standard InChI is InChI=1S/C18H16O6/c1-9(2)23-12-5-3-10(4-6-12)18-17(22)16(21)15-13(20)7-11(19)8-14(15)24-18/h3-9,19-20,22H,1-2H3. The molecule has 2 aromatic carbocycles. The Bertz CT molecular complexity index is 954. The molecule has 0 fully saturated rings. The number of aromatic hydroxyl groups is 3. The van der Waals surface area contributed by atoms with Gasteiger partial charge in [0.05, 0.1) is 6.10 Å². The molecule has 6 nitrogen and oxygen atoms in total. The third-order valence-corrected chi connectivity index (χ3v) is 3.42. The Morgan fingerprint density at radius 1 is 1.04 bits per heavy atom. The fourth-order valence-corrected chi connectivity index (χ4v) is 2.43. The lowest BCUT2D eigenvalue weighted by Crippen LogP contribution is -2.05. The molecule has 0 aliphatic rings. The van der Waals surface area contributed by atoms with Gasteiger partial charge in [0.1, 0.15) is 28.2 Å². The predicted octanol–water partition coefficient (Wildman–Crippen LogP) is 3.36. The van der Waals surface area contributed by atoms with Crippen LogP contribution in [0.3, 0.4) is 0 Å². The Kier molecular flexibility index (Phi) is 3.81. The second-order valence-corrected chi connectivity index (χ2v) is 5.64. The van der Waals surface area contributed by atoms with Crippen molar-refractivity contribution in [1.82, 2.24) is 0 Å². The Morgan fingerprint density at radius 3 is 2.33 bits per heavy atom. The highest BCUT2D eigenvalue weighted by atomic mass is 16.5. The first-order chi connectivity index (χ1) is 11.4. The minimum atomic E-state index is -0.772. The van der Waals surface area contributed by atoms with Crippen molar-refractivity contribution in [2.45, 2.75) is 20.0 Å². The van der Waals surface area contributed by atoms with Gasteiger partial charge in [-0.3, -0.25) is 4.79 Å². The Labute approximate surface area is 137 Å². The van der Waals surface area contributed by atoms with Crippen LogP contribution < -0.4 is 10.2 Å². The van der Waals surface area contributed by atoms with Gasteiger partial charge in [-0.1, -0.05) is 0 Å². The fourth-order valence-electron chi connectivity index (χ4n) is 2.43. The summed E-state index contributed by atoms with van der Waals surface area (Å²) in [6, 6.07) is 8.89. The van der Waals surface area contributed by atoms with Crippen LogP contribution in [0.15, 0.2) is 45.6 Å². The molecule has 0 bridgehead atoms. The van der Waals surface area contributed by atoms with Crippen LogP contribution in [0, 0.1) is 0 Å². The lowest BCUT2D eigenvalue weighted by atomic mass is 10.1. The van der Waals surface area contributed by atoms with Crippen molar-refractivity contribution in [2.75, 3.05) is 0 Å². The largest absolute Gasteiger partial charge is 0.508 e. The maximum atomic E-state index is 12.3. The number of benzene rings is 2. The van der Waals surface area contributed by atoms with Crippen molar-refractivity contribution in [3.63, 3.8) is 0 Å². The number of phenols is 2. The number of phenolic OH excluding ortho intramolecular Hbond substituents is 2. The SMILES string of the molecule is CC(C)Oc1ccc(-c2oc3cc(O)cc(O)c3c(=O)c2O)cc1. The fraction of sp³-hybridized carbons (Fsp3) is 0.167. The molecule has 0 atom stereocenters. The van der Waals surface area contributed by atoms with Gasteiger partial charge in [-0.05, 0) is 38.1 Å². The Balaban J connectivity index is 2.16. The van der Waals surface area contributed by atoms with Crippen LogP contribution in [0.25, 0.3) is 22.3 Å². The van der Waals surface area contributed by atoms with Crippen molar-refractivity contribution in [1.29, 1.82) is 0 Å². The van der Waals surface area contributed by atoms with Crippen molar-refractivity contribution < 1.29 is 24.5 Å². The number of hydrogen-bond acceptors (Lipinski definition) is 6. The van der Waals surface area contributed by atoms with Crippen LogP contribution in [0.5, 0.6) is 23.0 Å². The average Bonchev–Trinajstić information content (AvgIpc) is 2.50. The van der Waals surface area contributed by atoms with Crippen LogP contribution in [0.2, 0.25) is 0 Å². The molecule has 0 saturated heterocycles. The van der Waals surface area contributed by atoms with E-state index in [-0.39, 0.29) is 28.6 Å². The van der Waals surface area contributed by atoms with Crippen molar-refractivity contribution in [2.24, 2.45) is 0 Å². The number of hydrogen-bond donors (Lipinski definition) is 3. The summed E-state index contributed by atoms with van der Waals surface area (Å²) in [5, 5.41) is 29.3. The molecule has 0 radical (unpaired) electrons. The zero-order valence-electron chi connectivity index (χ0n) is 13.1. The van der Waals surface area contributed by atoms with Gasteiger partial charge in [0.15, 0.2) is 5.76 Å². The summed E-state index contributed by atoms with van der Waals surface area (Å²) in [5.74, 6) is -0.719. The van der Waals surface area contributed by atoms with Crippen LogP contribution in [-0.2, 0) is 0 Å². The lowest BCUT2D eigenvalue weighted by Gasteiger charge is -2.11. The molecule has 124 valence electrons. The summed E-state index contributed by atoms with van der Waals surface area (Å²) in [6.45, 7) is 3.81. The van der Waals surface area contributed by atoms with E-state index in [9.17, 15) is 20.1 Å². The molecular weight excluding hydrogens is 312 g/mol. The average molecular weight is 328 g/mol. The quantitative estimate of drug-likeness (QED) is 0.681. The van der Waals surface area contributed by atoms with Gasteiger partial charge < -0.3 is 24.5 Å².